The molecule has 0 amide bonds. The van der Waals surface area contributed by atoms with E-state index in [-0.39, 0.29) is 12.6 Å². The molecule has 2 heterocycles. The highest BCUT2D eigenvalue weighted by Crippen LogP contribution is 2.20. The van der Waals surface area contributed by atoms with Gasteiger partial charge in [-0.15, -0.1) is 0 Å². The summed E-state index contributed by atoms with van der Waals surface area (Å²) < 4.78 is 21.9. The maximum Gasteiger partial charge on any atom is 0.179 e. The Bertz CT molecular complexity index is 578. The van der Waals surface area contributed by atoms with E-state index in [4.69, 9.17) is 18.9 Å². The molecule has 0 unspecified atom stereocenters. The maximum atomic E-state index is 5.52. The first-order valence-electron chi connectivity index (χ1n) is 10.8. The summed E-state index contributed by atoms with van der Waals surface area (Å²) in [6, 6.07) is 4.13. The molecule has 1 aromatic heterocycles. The molecule has 5 heteroatoms. The number of ether oxygens (including phenoxy) is 4. The highest BCUT2D eigenvalue weighted by atomic mass is 16.7. The lowest BCUT2D eigenvalue weighted by atomic mass is 10.0. The molecule has 0 radical (unpaired) electrons. The number of aromatic nitrogens is 1. The number of pyridine rings is 1. The molecule has 0 saturated carbocycles. The molecule has 0 bridgehead atoms. The molecule has 0 N–H and O–H groups in total. The number of nitrogens with zero attached hydrogens (tertiary/aromatic N) is 1. The molecule has 2 rings (SSSR count). The Morgan fingerprint density at radius 2 is 1.86 bits per heavy atom. The van der Waals surface area contributed by atoms with Crippen molar-refractivity contribution in [2.24, 2.45) is 0 Å². The highest BCUT2D eigenvalue weighted by Gasteiger charge is 2.17. The van der Waals surface area contributed by atoms with E-state index >= 15 is 0 Å². The molecule has 0 aromatic carbocycles. The first kappa shape index (κ1) is 23.7. The lowest BCUT2D eigenvalue weighted by molar-refractivity contribution is -0.0779. The van der Waals surface area contributed by atoms with Gasteiger partial charge in [0.15, 0.2) is 12.6 Å². The Labute approximate surface area is 176 Å². The van der Waals surface area contributed by atoms with E-state index in [1.165, 1.54) is 30.4 Å². The van der Waals surface area contributed by atoms with Gasteiger partial charge in [0.1, 0.15) is 0 Å². The number of methoxy groups -OCH3 is 2. The van der Waals surface area contributed by atoms with Crippen LogP contribution < -0.4 is 0 Å². The fourth-order valence-corrected chi connectivity index (χ4v) is 3.48. The Balaban J connectivity index is 1.56. The monoisotopic (exact) mass is 403 g/mol. The van der Waals surface area contributed by atoms with E-state index in [1.54, 1.807) is 14.2 Å². The summed E-state index contributed by atoms with van der Waals surface area (Å²) >= 11 is 0. The Morgan fingerprint density at radius 1 is 1.10 bits per heavy atom. The number of hydrogen-bond donors (Lipinski definition) is 0. The van der Waals surface area contributed by atoms with Gasteiger partial charge in [0.2, 0.25) is 0 Å². The van der Waals surface area contributed by atoms with Gasteiger partial charge in [0.05, 0.1) is 13.2 Å². The summed E-state index contributed by atoms with van der Waals surface area (Å²) in [7, 11) is 3.37. The number of allylic oxidation sites excluding steroid dienone is 2. The van der Waals surface area contributed by atoms with Crippen molar-refractivity contribution < 1.29 is 18.9 Å². The SMILES string of the molecule is COC(OC)/C(=C/CC1OCCO1)CCCCCC/C=C\CCc1cccnc1. The zero-order valence-electron chi connectivity index (χ0n) is 18.1. The van der Waals surface area contributed by atoms with Crippen LogP contribution in [-0.4, -0.2) is 45.0 Å². The molecular weight excluding hydrogens is 366 g/mol. The van der Waals surface area contributed by atoms with Crippen molar-refractivity contribution in [1.29, 1.82) is 0 Å². The molecule has 1 aliphatic heterocycles. The van der Waals surface area contributed by atoms with Crippen LogP contribution in [0.4, 0.5) is 0 Å². The van der Waals surface area contributed by atoms with E-state index < -0.39 is 0 Å². The third-order valence-corrected chi connectivity index (χ3v) is 5.07. The molecular formula is C24H37NO4. The van der Waals surface area contributed by atoms with Crippen LogP contribution in [0.1, 0.15) is 56.9 Å². The second-order valence-electron chi connectivity index (χ2n) is 7.31. The molecule has 0 aliphatic carbocycles. The predicted molar refractivity (Wildman–Crippen MR) is 116 cm³/mol. The minimum Gasteiger partial charge on any atom is -0.352 e. The molecule has 1 saturated heterocycles. The molecule has 1 aliphatic rings. The van der Waals surface area contributed by atoms with Gasteiger partial charge in [-0.3, -0.25) is 4.98 Å². The number of rotatable bonds is 15. The van der Waals surface area contributed by atoms with Gasteiger partial charge in [-0.25, -0.2) is 0 Å². The molecule has 5 nitrogen and oxygen atoms in total. The van der Waals surface area contributed by atoms with Crippen molar-refractivity contribution in [3.05, 3.63) is 53.9 Å². The van der Waals surface area contributed by atoms with E-state index in [9.17, 15) is 0 Å². The van der Waals surface area contributed by atoms with E-state index in [1.807, 2.05) is 18.5 Å². The zero-order chi connectivity index (χ0) is 20.6. The van der Waals surface area contributed by atoms with Crippen molar-refractivity contribution in [3.8, 4) is 0 Å². The largest absolute Gasteiger partial charge is 0.352 e. The number of hydrogen-bond acceptors (Lipinski definition) is 5. The molecule has 0 atom stereocenters. The van der Waals surface area contributed by atoms with Crippen molar-refractivity contribution in [2.45, 2.75) is 70.4 Å². The normalized spacial score (nSPS) is 15.8. The highest BCUT2D eigenvalue weighted by molar-refractivity contribution is 5.09. The third-order valence-electron chi connectivity index (χ3n) is 5.07. The van der Waals surface area contributed by atoms with E-state index in [0.717, 1.165) is 38.5 Å². The molecule has 1 aromatic rings. The average Bonchev–Trinajstić information content (AvgIpc) is 3.28. The van der Waals surface area contributed by atoms with Crippen molar-refractivity contribution in [1.82, 2.24) is 4.98 Å². The number of aryl methyl sites for hydroxylation is 1. The first-order valence-corrected chi connectivity index (χ1v) is 10.8. The van der Waals surface area contributed by atoms with Crippen LogP contribution in [0.25, 0.3) is 0 Å². The van der Waals surface area contributed by atoms with Gasteiger partial charge in [0, 0.05) is 33.0 Å². The number of unbranched alkanes of at least 4 members (excludes halogenated alkanes) is 4. The minimum atomic E-state index is -0.279. The third kappa shape index (κ3) is 10.2. The van der Waals surface area contributed by atoms with Crippen LogP contribution in [0.15, 0.2) is 48.3 Å². The van der Waals surface area contributed by atoms with Crippen LogP contribution in [0.3, 0.4) is 0 Å². The first-order chi connectivity index (χ1) is 14.3. The van der Waals surface area contributed by atoms with E-state index in [0.29, 0.717) is 13.2 Å². The van der Waals surface area contributed by atoms with Gasteiger partial charge < -0.3 is 18.9 Å². The summed E-state index contributed by atoms with van der Waals surface area (Å²) in [6.45, 7) is 1.37. The Hall–Kier alpha value is -1.53. The lowest BCUT2D eigenvalue weighted by Gasteiger charge is -2.18. The molecule has 162 valence electrons. The smallest absolute Gasteiger partial charge is 0.179 e. The van der Waals surface area contributed by atoms with Crippen molar-refractivity contribution >= 4 is 0 Å². The quantitative estimate of drug-likeness (QED) is 0.228. The lowest BCUT2D eigenvalue weighted by Crippen LogP contribution is -2.17. The van der Waals surface area contributed by atoms with Crippen LogP contribution in [0, 0.1) is 0 Å². The Kier molecular flexibility index (Phi) is 12.6. The second-order valence-corrected chi connectivity index (χ2v) is 7.31. The summed E-state index contributed by atoms with van der Waals surface area (Å²) in [6.07, 6.45) is 20.0. The summed E-state index contributed by atoms with van der Waals surface area (Å²) in [5.74, 6) is 0. The van der Waals surface area contributed by atoms with Crippen LogP contribution in [-0.2, 0) is 25.4 Å². The van der Waals surface area contributed by atoms with Crippen molar-refractivity contribution in [3.63, 3.8) is 0 Å². The average molecular weight is 404 g/mol. The van der Waals surface area contributed by atoms with Crippen LogP contribution in [0.2, 0.25) is 0 Å². The summed E-state index contributed by atoms with van der Waals surface area (Å²) in [5.41, 5.74) is 2.49. The summed E-state index contributed by atoms with van der Waals surface area (Å²) in [4.78, 5) is 4.15. The second kappa shape index (κ2) is 15.3. The standard InChI is InChI=1S/C24H37NO4/c1-26-24(27-2)22(15-16-23-28-18-19-29-23)14-10-8-6-4-3-5-7-9-12-21-13-11-17-25-20-21/h5,7,11,13,15,17,20,23-24H,3-4,6,8-10,12,14,16,18-19H2,1-2H3/b7-5-,22-15+. The minimum absolute atomic E-state index is 0.121. The van der Waals surface area contributed by atoms with Crippen molar-refractivity contribution in [2.75, 3.05) is 27.4 Å². The molecule has 29 heavy (non-hydrogen) atoms. The van der Waals surface area contributed by atoms with Gasteiger partial charge in [-0.1, -0.05) is 37.1 Å². The Morgan fingerprint density at radius 3 is 2.59 bits per heavy atom. The van der Waals surface area contributed by atoms with Gasteiger partial charge >= 0.3 is 0 Å². The van der Waals surface area contributed by atoms with Gasteiger partial charge in [-0.2, -0.15) is 0 Å². The van der Waals surface area contributed by atoms with Gasteiger partial charge in [-0.05, 0) is 55.7 Å². The summed E-state index contributed by atoms with van der Waals surface area (Å²) in [5, 5.41) is 0. The fraction of sp³-hybridized carbons (Fsp3) is 0.625. The molecule has 1 fully saturated rings. The maximum absolute atomic E-state index is 5.52. The topological polar surface area (TPSA) is 49.8 Å². The zero-order valence-corrected chi connectivity index (χ0v) is 18.1. The van der Waals surface area contributed by atoms with Crippen LogP contribution in [0.5, 0.6) is 0 Å². The van der Waals surface area contributed by atoms with E-state index in [2.05, 4.69) is 29.3 Å². The molecule has 0 spiro atoms. The van der Waals surface area contributed by atoms with Gasteiger partial charge in [0.25, 0.3) is 0 Å². The fourth-order valence-electron chi connectivity index (χ4n) is 3.48. The predicted octanol–water partition coefficient (Wildman–Crippen LogP) is 5.22. The van der Waals surface area contributed by atoms with Crippen LogP contribution >= 0.6 is 0 Å².